The standard InChI is InChI=1S/C20H23N3O7/c24-16(5-6-17(25)26)22-12-3-4-15-13(8-12)14(9-21-15)18(20(29)30)23-7-1-2-11(10-23)19(27)28/h3-4,8-9,11,18,21H,1-2,5-7,10H2,(H,22,24)(H,25,26)(H,27,28)(H,29,30)/t11-,18-/m1/s1. The van der Waals surface area contributed by atoms with Crippen molar-refractivity contribution in [3.8, 4) is 0 Å². The zero-order valence-corrected chi connectivity index (χ0v) is 16.1. The molecule has 5 N–H and O–H groups in total. The molecule has 0 radical (unpaired) electrons. The molecule has 0 saturated carbocycles. The minimum Gasteiger partial charge on any atom is -0.481 e. The molecule has 0 spiro atoms. The van der Waals surface area contributed by atoms with Gasteiger partial charge in [0.15, 0.2) is 0 Å². The molecule has 1 saturated heterocycles. The summed E-state index contributed by atoms with van der Waals surface area (Å²) in [6.45, 7) is 0.615. The number of piperidine rings is 1. The van der Waals surface area contributed by atoms with Gasteiger partial charge < -0.3 is 25.6 Å². The SMILES string of the molecule is O=C(O)CCC(=O)Nc1ccc2[nH]cc([C@H](C(=O)O)N3CCC[C@@H](C(=O)O)C3)c2c1. The highest BCUT2D eigenvalue weighted by atomic mass is 16.4. The molecule has 3 rings (SSSR count). The van der Waals surface area contributed by atoms with E-state index in [1.807, 2.05) is 0 Å². The number of anilines is 1. The number of aromatic amines is 1. The van der Waals surface area contributed by atoms with Crippen LogP contribution in [0.4, 0.5) is 5.69 Å². The first-order valence-corrected chi connectivity index (χ1v) is 9.58. The number of hydrogen-bond acceptors (Lipinski definition) is 5. The Morgan fingerprint density at radius 3 is 2.60 bits per heavy atom. The van der Waals surface area contributed by atoms with Gasteiger partial charge >= 0.3 is 17.9 Å². The molecule has 1 aromatic carbocycles. The Labute approximate surface area is 171 Å². The Balaban J connectivity index is 1.87. The number of aliphatic carboxylic acids is 3. The summed E-state index contributed by atoms with van der Waals surface area (Å²) in [7, 11) is 0. The fourth-order valence-electron chi connectivity index (χ4n) is 3.82. The fraction of sp³-hybridized carbons (Fsp3) is 0.400. The predicted octanol–water partition coefficient (Wildman–Crippen LogP) is 1.89. The lowest BCUT2D eigenvalue weighted by atomic mass is 9.94. The van der Waals surface area contributed by atoms with Gasteiger partial charge in [0, 0.05) is 41.3 Å². The maximum Gasteiger partial charge on any atom is 0.325 e. The first-order chi connectivity index (χ1) is 14.3. The molecule has 1 aliphatic heterocycles. The van der Waals surface area contributed by atoms with Crippen LogP contribution >= 0.6 is 0 Å². The largest absolute Gasteiger partial charge is 0.481 e. The van der Waals surface area contributed by atoms with E-state index in [9.17, 15) is 29.4 Å². The summed E-state index contributed by atoms with van der Waals surface area (Å²) < 4.78 is 0. The van der Waals surface area contributed by atoms with Crippen LogP contribution in [-0.4, -0.2) is 62.1 Å². The van der Waals surface area contributed by atoms with Crippen LogP contribution in [0.2, 0.25) is 0 Å². The van der Waals surface area contributed by atoms with Crippen molar-refractivity contribution >= 4 is 40.4 Å². The van der Waals surface area contributed by atoms with Crippen LogP contribution in [0.3, 0.4) is 0 Å². The van der Waals surface area contributed by atoms with Crippen LogP contribution in [0.25, 0.3) is 10.9 Å². The molecule has 0 aliphatic carbocycles. The van der Waals surface area contributed by atoms with Crippen molar-refractivity contribution in [3.63, 3.8) is 0 Å². The summed E-state index contributed by atoms with van der Waals surface area (Å²) in [5.74, 6) is -4.16. The van der Waals surface area contributed by atoms with E-state index in [0.717, 1.165) is 0 Å². The number of hydrogen-bond donors (Lipinski definition) is 5. The Kier molecular flexibility index (Phi) is 6.36. The first-order valence-electron chi connectivity index (χ1n) is 9.58. The van der Waals surface area contributed by atoms with E-state index in [-0.39, 0.29) is 19.4 Å². The number of benzene rings is 1. The van der Waals surface area contributed by atoms with Gasteiger partial charge in [-0.2, -0.15) is 0 Å². The number of carboxylic acids is 3. The van der Waals surface area contributed by atoms with Crippen LogP contribution in [0.15, 0.2) is 24.4 Å². The molecule has 1 fully saturated rings. The molecule has 1 aromatic heterocycles. The van der Waals surface area contributed by atoms with E-state index in [1.54, 1.807) is 29.3 Å². The number of amides is 1. The lowest BCUT2D eigenvalue weighted by Gasteiger charge is -2.34. The molecule has 0 bridgehead atoms. The normalized spacial score (nSPS) is 18.1. The van der Waals surface area contributed by atoms with Crippen molar-refractivity contribution in [2.75, 3.05) is 18.4 Å². The van der Waals surface area contributed by atoms with E-state index >= 15 is 0 Å². The van der Waals surface area contributed by atoms with E-state index in [2.05, 4.69) is 10.3 Å². The summed E-state index contributed by atoms with van der Waals surface area (Å²) >= 11 is 0. The van der Waals surface area contributed by atoms with E-state index in [0.29, 0.717) is 41.5 Å². The monoisotopic (exact) mass is 417 g/mol. The lowest BCUT2D eigenvalue weighted by Crippen LogP contribution is -2.43. The topological polar surface area (TPSA) is 160 Å². The highest BCUT2D eigenvalue weighted by molar-refractivity contribution is 5.96. The maximum atomic E-state index is 12.1. The Bertz CT molecular complexity index is 984. The molecule has 160 valence electrons. The number of carboxylic acid groups (broad SMARTS) is 3. The molecule has 2 aromatic rings. The van der Waals surface area contributed by atoms with Crippen molar-refractivity contribution < 1.29 is 34.5 Å². The number of carbonyl (C=O) groups excluding carboxylic acids is 1. The van der Waals surface area contributed by atoms with Crippen molar-refractivity contribution in [2.45, 2.75) is 31.7 Å². The number of rotatable bonds is 8. The van der Waals surface area contributed by atoms with Gasteiger partial charge in [0.05, 0.1) is 12.3 Å². The van der Waals surface area contributed by atoms with Gasteiger partial charge in [0.25, 0.3) is 0 Å². The Morgan fingerprint density at radius 1 is 1.17 bits per heavy atom. The molecule has 10 heteroatoms. The second-order valence-corrected chi connectivity index (χ2v) is 7.36. The Hall–Kier alpha value is -3.40. The van der Waals surface area contributed by atoms with Crippen LogP contribution in [0.5, 0.6) is 0 Å². The smallest absolute Gasteiger partial charge is 0.325 e. The van der Waals surface area contributed by atoms with Gasteiger partial charge in [0.1, 0.15) is 6.04 Å². The van der Waals surface area contributed by atoms with Gasteiger partial charge in [-0.15, -0.1) is 0 Å². The van der Waals surface area contributed by atoms with E-state index < -0.39 is 35.8 Å². The van der Waals surface area contributed by atoms with Crippen molar-refractivity contribution in [1.82, 2.24) is 9.88 Å². The molecular weight excluding hydrogens is 394 g/mol. The van der Waals surface area contributed by atoms with Gasteiger partial charge in [-0.05, 0) is 37.6 Å². The molecule has 0 unspecified atom stereocenters. The minimum atomic E-state index is -1.09. The second-order valence-electron chi connectivity index (χ2n) is 7.36. The minimum absolute atomic E-state index is 0.143. The van der Waals surface area contributed by atoms with Crippen LogP contribution in [-0.2, 0) is 19.2 Å². The summed E-state index contributed by atoms with van der Waals surface area (Å²) in [6.07, 6.45) is 2.23. The van der Waals surface area contributed by atoms with Crippen molar-refractivity contribution in [3.05, 3.63) is 30.0 Å². The number of fused-ring (bicyclic) bond motifs is 1. The molecule has 10 nitrogen and oxygen atoms in total. The zero-order chi connectivity index (χ0) is 21.8. The second kappa shape index (κ2) is 8.95. The number of likely N-dealkylation sites (tertiary alicyclic amines) is 1. The third kappa shape index (κ3) is 4.77. The molecule has 30 heavy (non-hydrogen) atoms. The third-order valence-corrected chi connectivity index (χ3v) is 5.26. The van der Waals surface area contributed by atoms with E-state index in [1.165, 1.54) is 0 Å². The average molecular weight is 417 g/mol. The highest BCUT2D eigenvalue weighted by Gasteiger charge is 2.35. The summed E-state index contributed by atoms with van der Waals surface area (Å²) in [6, 6.07) is 3.94. The quantitative estimate of drug-likeness (QED) is 0.435. The van der Waals surface area contributed by atoms with Gasteiger partial charge in [-0.25, -0.2) is 0 Å². The number of aromatic nitrogens is 1. The predicted molar refractivity (Wildman–Crippen MR) is 106 cm³/mol. The third-order valence-electron chi connectivity index (χ3n) is 5.26. The molecule has 2 heterocycles. The molecule has 1 aliphatic rings. The maximum absolute atomic E-state index is 12.1. The van der Waals surface area contributed by atoms with Crippen LogP contribution in [0.1, 0.15) is 37.3 Å². The average Bonchev–Trinajstić information content (AvgIpc) is 3.09. The van der Waals surface area contributed by atoms with E-state index in [4.69, 9.17) is 5.11 Å². The zero-order valence-electron chi connectivity index (χ0n) is 16.1. The first kappa shape index (κ1) is 21.3. The summed E-state index contributed by atoms with van der Waals surface area (Å²) in [5, 5.41) is 31.1. The fourth-order valence-corrected chi connectivity index (χ4v) is 3.82. The van der Waals surface area contributed by atoms with Gasteiger partial charge in [-0.1, -0.05) is 0 Å². The van der Waals surface area contributed by atoms with Crippen molar-refractivity contribution in [1.29, 1.82) is 0 Å². The molecule has 2 atom stereocenters. The number of carbonyl (C=O) groups is 4. The molecule has 1 amide bonds. The number of nitrogens with one attached hydrogen (secondary N) is 2. The summed E-state index contributed by atoms with van der Waals surface area (Å²) in [5.41, 5.74) is 1.57. The highest BCUT2D eigenvalue weighted by Crippen LogP contribution is 2.33. The summed E-state index contributed by atoms with van der Waals surface area (Å²) in [4.78, 5) is 50.7. The van der Waals surface area contributed by atoms with Gasteiger partial charge in [-0.3, -0.25) is 24.1 Å². The van der Waals surface area contributed by atoms with Gasteiger partial charge in [0.2, 0.25) is 5.91 Å². The van der Waals surface area contributed by atoms with Crippen LogP contribution < -0.4 is 5.32 Å². The van der Waals surface area contributed by atoms with Crippen LogP contribution in [0, 0.1) is 5.92 Å². The number of nitrogens with zero attached hydrogens (tertiary/aromatic N) is 1. The number of H-pyrrole nitrogens is 1. The Morgan fingerprint density at radius 2 is 1.93 bits per heavy atom. The lowest BCUT2D eigenvalue weighted by molar-refractivity contribution is -0.149. The van der Waals surface area contributed by atoms with Crippen molar-refractivity contribution in [2.24, 2.45) is 5.92 Å². The molecular formula is C20H23N3O7.